The van der Waals surface area contributed by atoms with E-state index >= 15 is 0 Å². The van der Waals surface area contributed by atoms with Gasteiger partial charge in [0.15, 0.2) is 9.84 Å². The lowest BCUT2D eigenvalue weighted by Crippen LogP contribution is -2.61. The van der Waals surface area contributed by atoms with E-state index in [1.807, 2.05) is 0 Å². The molecule has 11 heteroatoms. The lowest BCUT2D eigenvalue weighted by Gasteiger charge is -2.42. The number of fused-ring (bicyclic) bond motifs is 1. The summed E-state index contributed by atoms with van der Waals surface area (Å²) in [6, 6.07) is 0.0158. The van der Waals surface area contributed by atoms with Crippen molar-refractivity contribution in [3.8, 4) is 0 Å². The largest absolute Gasteiger partial charge is 0.351 e. The van der Waals surface area contributed by atoms with Crippen LogP contribution in [0.2, 0.25) is 0 Å². The van der Waals surface area contributed by atoms with Gasteiger partial charge >= 0.3 is 0 Å². The van der Waals surface area contributed by atoms with E-state index in [-0.39, 0.29) is 30.4 Å². The summed E-state index contributed by atoms with van der Waals surface area (Å²) in [5, 5.41) is 3.65. The van der Waals surface area contributed by atoms with Gasteiger partial charge in [0.2, 0.25) is 15.8 Å². The zero-order valence-electron chi connectivity index (χ0n) is 12.7. The first-order valence-electron chi connectivity index (χ1n) is 7.00. The van der Waals surface area contributed by atoms with Crippen molar-refractivity contribution in [3.63, 3.8) is 0 Å². The van der Waals surface area contributed by atoms with Crippen molar-refractivity contribution in [3.05, 3.63) is 17.5 Å². The fraction of sp³-hybridized carbons (Fsp3) is 0.667. The molecule has 2 atom stereocenters. The summed E-state index contributed by atoms with van der Waals surface area (Å²) < 4.78 is 53.9. The molecule has 1 aromatic heterocycles. The van der Waals surface area contributed by atoms with Crippen molar-refractivity contribution in [1.82, 2.24) is 14.4 Å². The number of sulfone groups is 1. The summed E-state index contributed by atoms with van der Waals surface area (Å²) >= 11 is 0. The van der Waals surface area contributed by atoms with Crippen LogP contribution in [0, 0.1) is 6.92 Å². The van der Waals surface area contributed by atoms with Gasteiger partial charge in [0.05, 0.1) is 35.5 Å². The number of amides is 1. The third-order valence-corrected chi connectivity index (χ3v) is 7.15. The molecule has 2 saturated heterocycles. The molecule has 9 nitrogen and oxygen atoms in total. The molecule has 1 amide bonds. The first kappa shape index (κ1) is 16.4. The summed E-state index contributed by atoms with van der Waals surface area (Å²) in [6.45, 7) is 1.85. The van der Waals surface area contributed by atoms with Gasteiger partial charge in [0.1, 0.15) is 0 Å². The number of hydrogen-bond acceptors (Lipinski definition) is 7. The molecular formula is C12H17N3O6S2. The molecule has 23 heavy (non-hydrogen) atoms. The van der Waals surface area contributed by atoms with Crippen LogP contribution in [0.25, 0.3) is 0 Å². The fourth-order valence-corrected chi connectivity index (χ4v) is 6.39. The number of aryl methyl sites for hydroxylation is 1. The highest BCUT2D eigenvalue weighted by atomic mass is 32.2. The minimum Gasteiger partial charge on any atom is -0.351 e. The maximum Gasteiger partial charge on any atom is 0.292 e. The second kappa shape index (κ2) is 5.28. The van der Waals surface area contributed by atoms with Gasteiger partial charge in [0, 0.05) is 19.2 Å². The van der Waals surface area contributed by atoms with Crippen molar-refractivity contribution >= 4 is 25.8 Å². The van der Waals surface area contributed by atoms with Gasteiger partial charge in [-0.25, -0.2) is 16.8 Å². The monoisotopic (exact) mass is 363 g/mol. The second-order valence-electron chi connectivity index (χ2n) is 5.92. The number of carbonyl (C=O) groups is 1. The van der Waals surface area contributed by atoms with Crippen LogP contribution in [0.3, 0.4) is 0 Å². The maximum absolute atomic E-state index is 12.6. The summed E-state index contributed by atoms with van der Waals surface area (Å²) in [5.41, 5.74) is 0.540. The van der Waals surface area contributed by atoms with Crippen molar-refractivity contribution in [2.75, 3.05) is 30.9 Å². The smallest absolute Gasteiger partial charge is 0.292 e. The predicted molar refractivity (Wildman–Crippen MR) is 80.1 cm³/mol. The average molecular weight is 363 g/mol. The minimum absolute atomic E-state index is 0.0263. The highest BCUT2D eigenvalue weighted by molar-refractivity contribution is 7.92. The van der Waals surface area contributed by atoms with Crippen LogP contribution >= 0.6 is 0 Å². The molecule has 0 bridgehead atoms. The molecule has 3 heterocycles. The number of hydrogen-bond donors (Lipinski definition) is 0. The molecule has 0 spiro atoms. The summed E-state index contributed by atoms with van der Waals surface area (Å²) in [4.78, 5) is 13.9. The maximum atomic E-state index is 12.6. The number of nitrogens with zero attached hydrogens (tertiary/aromatic N) is 3. The zero-order chi connectivity index (χ0) is 17.0. The first-order chi connectivity index (χ1) is 10.6. The van der Waals surface area contributed by atoms with E-state index in [4.69, 9.17) is 4.52 Å². The Morgan fingerprint density at radius 2 is 1.96 bits per heavy atom. The number of sulfonamides is 1. The van der Waals surface area contributed by atoms with Crippen LogP contribution in [-0.2, 0) is 19.9 Å². The van der Waals surface area contributed by atoms with E-state index in [0.29, 0.717) is 5.69 Å². The Morgan fingerprint density at radius 3 is 2.52 bits per heavy atom. The normalized spacial score (nSPS) is 27.8. The number of rotatable bonds is 2. The standard InChI is InChI=1S/C12H17N3O6S2/c1-8-5-11(21-13-8)12(16)14-3-4-15(22(2,17)18)10-7-23(19,20)6-9(10)14/h5,9-10H,3-4,6-7H2,1-2H3/t9-,10+/m0/s1. The zero-order valence-corrected chi connectivity index (χ0v) is 14.3. The SMILES string of the molecule is Cc1cc(C(=O)N2CCN(S(C)(=O)=O)[C@@H]3CS(=O)(=O)C[C@@H]32)on1. The summed E-state index contributed by atoms with van der Waals surface area (Å²) in [6.07, 6.45) is 1.05. The number of carbonyl (C=O) groups excluding carboxylic acids is 1. The summed E-state index contributed by atoms with van der Waals surface area (Å²) in [5.74, 6) is -0.962. The van der Waals surface area contributed by atoms with Gasteiger partial charge in [-0.05, 0) is 6.92 Å². The Bertz CT molecular complexity index is 844. The van der Waals surface area contributed by atoms with E-state index in [2.05, 4.69) is 5.16 Å². The van der Waals surface area contributed by atoms with Crippen LogP contribution in [-0.4, -0.2) is 80.0 Å². The predicted octanol–water partition coefficient (Wildman–Crippen LogP) is -1.13. The van der Waals surface area contributed by atoms with Gasteiger partial charge < -0.3 is 9.42 Å². The Hall–Kier alpha value is -1.46. The second-order valence-corrected chi connectivity index (χ2v) is 10.0. The first-order valence-corrected chi connectivity index (χ1v) is 10.7. The van der Waals surface area contributed by atoms with Gasteiger partial charge in [-0.3, -0.25) is 4.79 Å². The van der Waals surface area contributed by atoms with E-state index in [1.54, 1.807) is 6.92 Å². The minimum atomic E-state index is -3.54. The van der Waals surface area contributed by atoms with Gasteiger partial charge in [0.25, 0.3) is 5.91 Å². The molecular weight excluding hydrogens is 346 g/mol. The van der Waals surface area contributed by atoms with Crippen molar-refractivity contribution in [1.29, 1.82) is 0 Å². The van der Waals surface area contributed by atoms with E-state index in [1.165, 1.54) is 15.3 Å². The highest BCUT2D eigenvalue weighted by Gasteiger charge is 2.51. The van der Waals surface area contributed by atoms with Crippen LogP contribution in [0.1, 0.15) is 16.2 Å². The Labute approximate surface area is 134 Å². The lowest BCUT2D eigenvalue weighted by molar-refractivity contribution is 0.0477. The molecule has 3 rings (SSSR count). The van der Waals surface area contributed by atoms with E-state index < -0.39 is 37.9 Å². The van der Waals surface area contributed by atoms with Crippen molar-refractivity contribution in [2.45, 2.75) is 19.0 Å². The Morgan fingerprint density at radius 1 is 1.30 bits per heavy atom. The Balaban J connectivity index is 1.94. The molecule has 0 radical (unpaired) electrons. The molecule has 128 valence electrons. The topological polar surface area (TPSA) is 118 Å². The lowest BCUT2D eigenvalue weighted by atomic mass is 10.1. The molecule has 0 aliphatic carbocycles. The number of piperazine rings is 1. The van der Waals surface area contributed by atoms with Crippen LogP contribution in [0.4, 0.5) is 0 Å². The average Bonchev–Trinajstić information content (AvgIpc) is 2.97. The Kier molecular flexibility index (Phi) is 3.76. The molecule has 2 fully saturated rings. The van der Waals surface area contributed by atoms with Crippen LogP contribution < -0.4 is 0 Å². The van der Waals surface area contributed by atoms with Crippen molar-refractivity contribution in [2.24, 2.45) is 0 Å². The quantitative estimate of drug-likeness (QED) is 0.652. The van der Waals surface area contributed by atoms with Gasteiger partial charge in [-0.15, -0.1) is 0 Å². The van der Waals surface area contributed by atoms with Crippen LogP contribution in [0.15, 0.2) is 10.6 Å². The molecule has 0 unspecified atom stereocenters. The molecule has 2 aliphatic rings. The molecule has 0 N–H and O–H groups in total. The van der Waals surface area contributed by atoms with E-state index in [9.17, 15) is 21.6 Å². The van der Waals surface area contributed by atoms with Crippen LogP contribution in [0.5, 0.6) is 0 Å². The van der Waals surface area contributed by atoms with Gasteiger partial charge in [-0.2, -0.15) is 4.31 Å². The molecule has 0 aromatic carbocycles. The fourth-order valence-electron chi connectivity index (χ4n) is 3.19. The third kappa shape index (κ3) is 3.00. The molecule has 1 aromatic rings. The molecule has 2 aliphatic heterocycles. The highest BCUT2D eigenvalue weighted by Crippen LogP contribution is 2.29. The number of aromatic nitrogens is 1. The van der Waals surface area contributed by atoms with E-state index in [0.717, 1.165) is 6.26 Å². The third-order valence-electron chi connectivity index (χ3n) is 4.15. The molecule has 0 saturated carbocycles. The van der Waals surface area contributed by atoms with Gasteiger partial charge in [-0.1, -0.05) is 5.16 Å². The summed E-state index contributed by atoms with van der Waals surface area (Å²) in [7, 11) is -6.96. The van der Waals surface area contributed by atoms with Crippen molar-refractivity contribution < 1.29 is 26.2 Å².